The summed E-state index contributed by atoms with van der Waals surface area (Å²) in [6, 6.07) is 1.94. The monoisotopic (exact) mass is 300 g/mol. The first-order valence-corrected chi connectivity index (χ1v) is 5.22. The van der Waals surface area contributed by atoms with Crippen molar-refractivity contribution in [3.63, 3.8) is 0 Å². The van der Waals surface area contributed by atoms with Gasteiger partial charge in [-0.25, -0.2) is 0 Å². The van der Waals surface area contributed by atoms with Crippen LogP contribution in [0.5, 0.6) is 0 Å². The summed E-state index contributed by atoms with van der Waals surface area (Å²) in [6.07, 6.45) is -3.24. The molecule has 0 spiro atoms. The zero-order valence-electron chi connectivity index (χ0n) is 9.90. The highest BCUT2D eigenvalue weighted by atomic mass is 19.4. The van der Waals surface area contributed by atoms with Gasteiger partial charge in [0.1, 0.15) is 6.07 Å². The topological polar surface area (TPSA) is 91.8 Å². The Bertz CT molecular complexity index is 733. The van der Waals surface area contributed by atoms with Crippen LogP contribution in [-0.2, 0) is 6.18 Å². The number of nitrogens with zero attached hydrogens (tertiary/aromatic N) is 3. The number of nitrogens with one attached hydrogen (secondary N) is 1. The molecular weight excluding hydrogens is 296 g/mol. The predicted octanol–water partition coefficient (Wildman–Crippen LogP) is 2.35. The average Bonchev–Trinajstić information content (AvgIpc) is 2.78. The van der Waals surface area contributed by atoms with Crippen LogP contribution in [0.1, 0.15) is 21.6 Å². The molecule has 1 N–H and O–H groups in total. The van der Waals surface area contributed by atoms with Crippen LogP contribution >= 0.6 is 0 Å². The van der Waals surface area contributed by atoms with Gasteiger partial charge in [-0.05, 0) is 6.07 Å². The second-order valence-electron chi connectivity index (χ2n) is 3.66. The SMILES string of the molecule is N#Cc1noc(NC(=O)c2cnccc2C(F)(F)F)c1F. The molecular formula is C11H4F4N4O2. The molecule has 0 saturated carbocycles. The Labute approximate surface area is 114 Å². The third-order valence-corrected chi connectivity index (χ3v) is 2.34. The van der Waals surface area contributed by atoms with Gasteiger partial charge in [0.2, 0.25) is 11.5 Å². The molecule has 0 atom stereocenters. The summed E-state index contributed by atoms with van der Waals surface area (Å²) in [4.78, 5) is 15.2. The number of aromatic nitrogens is 2. The number of carbonyl (C=O) groups excluding carboxylic acids is 1. The lowest BCUT2D eigenvalue weighted by Gasteiger charge is -2.10. The van der Waals surface area contributed by atoms with Gasteiger partial charge in [-0.2, -0.15) is 22.8 Å². The molecule has 0 aliphatic heterocycles. The van der Waals surface area contributed by atoms with E-state index in [1.807, 2.05) is 0 Å². The fraction of sp³-hybridized carbons (Fsp3) is 0.0909. The normalized spacial score (nSPS) is 11.0. The van der Waals surface area contributed by atoms with E-state index in [0.29, 0.717) is 12.3 Å². The van der Waals surface area contributed by atoms with Gasteiger partial charge in [0, 0.05) is 12.4 Å². The summed E-state index contributed by atoms with van der Waals surface area (Å²) in [5, 5.41) is 13.2. The lowest BCUT2D eigenvalue weighted by molar-refractivity contribution is -0.138. The highest BCUT2D eigenvalue weighted by Gasteiger charge is 2.35. The number of hydrogen-bond donors (Lipinski definition) is 1. The molecule has 0 aliphatic rings. The zero-order valence-corrected chi connectivity index (χ0v) is 9.90. The average molecular weight is 300 g/mol. The molecule has 6 nitrogen and oxygen atoms in total. The van der Waals surface area contributed by atoms with Gasteiger partial charge in [-0.1, -0.05) is 5.16 Å². The largest absolute Gasteiger partial charge is 0.417 e. The number of halogens is 4. The van der Waals surface area contributed by atoms with Gasteiger partial charge >= 0.3 is 6.18 Å². The van der Waals surface area contributed by atoms with Crippen LogP contribution in [0.25, 0.3) is 0 Å². The van der Waals surface area contributed by atoms with Crippen molar-refractivity contribution in [1.82, 2.24) is 10.1 Å². The molecule has 0 radical (unpaired) electrons. The summed E-state index contributed by atoms with van der Waals surface area (Å²) in [6.45, 7) is 0. The van der Waals surface area contributed by atoms with E-state index in [-0.39, 0.29) is 0 Å². The summed E-state index contributed by atoms with van der Waals surface area (Å²) < 4.78 is 55.9. The van der Waals surface area contributed by atoms with E-state index in [2.05, 4.69) is 14.7 Å². The second-order valence-corrected chi connectivity index (χ2v) is 3.66. The Balaban J connectivity index is 2.34. The molecule has 2 heterocycles. The molecule has 21 heavy (non-hydrogen) atoms. The first kappa shape index (κ1) is 14.4. The molecule has 2 aromatic rings. The first-order valence-electron chi connectivity index (χ1n) is 5.22. The molecule has 10 heteroatoms. The third-order valence-electron chi connectivity index (χ3n) is 2.34. The van der Waals surface area contributed by atoms with E-state index in [1.54, 1.807) is 5.32 Å². The van der Waals surface area contributed by atoms with E-state index in [9.17, 15) is 22.4 Å². The van der Waals surface area contributed by atoms with Crippen molar-refractivity contribution >= 4 is 11.8 Å². The van der Waals surface area contributed by atoms with Gasteiger partial charge in [0.25, 0.3) is 11.8 Å². The van der Waals surface area contributed by atoms with Gasteiger partial charge < -0.3 is 4.52 Å². The van der Waals surface area contributed by atoms with Crippen LogP contribution in [-0.4, -0.2) is 16.0 Å². The van der Waals surface area contributed by atoms with Crippen LogP contribution in [0.15, 0.2) is 23.0 Å². The van der Waals surface area contributed by atoms with Crippen molar-refractivity contribution in [3.05, 3.63) is 41.1 Å². The minimum Gasteiger partial charge on any atom is -0.334 e. The Kier molecular flexibility index (Phi) is 3.58. The number of rotatable bonds is 2. The maximum atomic E-state index is 13.4. The quantitative estimate of drug-likeness (QED) is 0.859. The minimum atomic E-state index is -4.78. The Morgan fingerprint density at radius 2 is 2.14 bits per heavy atom. The van der Waals surface area contributed by atoms with Crippen molar-refractivity contribution in [2.75, 3.05) is 5.32 Å². The number of pyridine rings is 1. The standard InChI is InChI=1S/C11H4F4N4O2/c12-8-7(3-16)19-21-10(8)18-9(20)5-4-17-2-1-6(5)11(13,14)15/h1-2,4H,(H,18,20). The summed E-state index contributed by atoms with van der Waals surface area (Å²) in [5.41, 5.74) is -2.79. The van der Waals surface area contributed by atoms with Gasteiger partial charge in [-0.3, -0.25) is 15.1 Å². The third kappa shape index (κ3) is 2.81. The van der Waals surface area contributed by atoms with E-state index in [1.165, 1.54) is 6.07 Å². The molecule has 0 aliphatic carbocycles. The minimum absolute atomic E-state index is 0.604. The van der Waals surface area contributed by atoms with Crippen LogP contribution in [0.4, 0.5) is 23.4 Å². The summed E-state index contributed by atoms with van der Waals surface area (Å²) >= 11 is 0. The second kappa shape index (κ2) is 5.20. The van der Waals surface area contributed by atoms with E-state index in [4.69, 9.17) is 5.26 Å². The van der Waals surface area contributed by atoms with E-state index >= 15 is 0 Å². The Hall–Kier alpha value is -2.96. The van der Waals surface area contributed by atoms with Crippen molar-refractivity contribution in [1.29, 1.82) is 5.26 Å². The Morgan fingerprint density at radius 3 is 2.71 bits per heavy atom. The summed E-state index contributed by atoms with van der Waals surface area (Å²) in [5.74, 6) is -3.42. The zero-order chi connectivity index (χ0) is 15.6. The van der Waals surface area contributed by atoms with Crippen LogP contribution in [0, 0.1) is 17.1 Å². The number of nitriles is 1. The van der Waals surface area contributed by atoms with Gasteiger partial charge in [-0.15, -0.1) is 0 Å². The Morgan fingerprint density at radius 1 is 1.43 bits per heavy atom. The number of carbonyl (C=O) groups is 1. The molecule has 2 rings (SSSR count). The van der Waals surface area contributed by atoms with Crippen molar-refractivity contribution < 1.29 is 26.9 Å². The van der Waals surface area contributed by atoms with Crippen LogP contribution < -0.4 is 5.32 Å². The molecule has 1 amide bonds. The van der Waals surface area contributed by atoms with Gasteiger partial charge in [0.15, 0.2) is 0 Å². The molecule has 108 valence electrons. The highest BCUT2D eigenvalue weighted by Crippen LogP contribution is 2.31. The first-order chi connectivity index (χ1) is 9.84. The predicted molar refractivity (Wildman–Crippen MR) is 58.4 cm³/mol. The fourth-order valence-corrected chi connectivity index (χ4v) is 1.42. The lowest BCUT2D eigenvalue weighted by Crippen LogP contribution is -2.19. The number of anilines is 1. The number of hydrogen-bond acceptors (Lipinski definition) is 5. The fourth-order valence-electron chi connectivity index (χ4n) is 1.42. The molecule has 0 bridgehead atoms. The van der Waals surface area contributed by atoms with E-state index < -0.39 is 40.6 Å². The van der Waals surface area contributed by atoms with Crippen LogP contribution in [0.3, 0.4) is 0 Å². The van der Waals surface area contributed by atoms with Crippen molar-refractivity contribution in [2.24, 2.45) is 0 Å². The maximum Gasteiger partial charge on any atom is 0.417 e. The molecule has 0 saturated heterocycles. The van der Waals surface area contributed by atoms with E-state index in [0.717, 1.165) is 6.20 Å². The molecule has 2 aromatic heterocycles. The van der Waals surface area contributed by atoms with Crippen molar-refractivity contribution in [3.8, 4) is 6.07 Å². The molecule has 0 unspecified atom stereocenters. The highest BCUT2D eigenvalue weighted by molar-refractivity contribution is 6.04. The van der Waals surface area contributed by atoms with Crippen molar-refractivity contribution in [2.45, 2.75) is 6.18 Å². The molecule has 0 fully saturated rings. The summed E-state index contributed by atoms with van der Waals surface area (Å²) in [7, 11) is 0. The lowest BCUT2D eigenvalue weighted by atomic mass is 10.1. The number of amides is 1. The maximum absolute atomic E-state index is 13.4. The van der Waals surface area contributed by atoms with Crippen LogP contribution in [0.2, 0.25) is 0 Å². The smallest absolute Gasteiger partial charge is 0.334 e. The number of alkyl halides is 3. The molecule has 0 aromatic carbocycles. The van der Waals surface area contributed by atoms with Gasteiger partial charge in [0.05, 0.1) is 11.1 Å².